The molecule has 5 nitrogen and oxygen atoms in total. The number of furan rings is 1. The van der Waals surface area contributed by atoms with Gasteiger partial charge in [-0.2, -0.15) is 0 Å². The lowest BCUT2D eigenvalue weighted by Crippen LogP contribution is -2.18. The Balaban J connectivity index is 1.80. The van der Waals surface area contributed by atoms with Crippen molar-refractivity contribution in [2.45, 2.75) is 19.4 Å². The molecule has 1 aliphatic rings. The van der Waals surface area contributed by atoms with Crippen molar-refractivity contribution in [2.24, 2.45) is 5.92 Å². The molecule has 0 aliphatic carbocycles. The van der Waals surface area contributed by atoms with Crippen LogP contribution in [0.5, 0.6) is 0 Å². The molecular weight excluding hydrogens is 212 g/mol. The molecule has 1 saturated heterocycles. The van der Waals surface area contributed by atoms with Gasteiger partial charge in [0, 0.05) is 6.42 Å². The second-order valence-corrected chi connectivity index (χ2v) is 3.77. The summed E-state index contributed by atoms with van der Waals surface area (Å²) in [5.41, 5.74) is 0. The van der Waals surface area contributed by atoms with Crippen LogP contribution >= 0.6 is 0 Å². The molecule has 1 aromatic heterocycles. The lowest BCUT2D eigenvalue weighted by Gasteiger charge is -2.08. The molecule has 0 bridgehead atoms. The van der Waals surface area contributed by atoms with Gasteiger partial charge < -0.3 is 13.9 Å². The predicted molar refractivity (Wildman–Crippen MR) is 52.7 cm³/mol. The van der Waals surface area contributed by atoms with Gasteiger partial charge in [-0.25, -0.2) is 4.79 Å². The molecule has 0 saturated carbocycles. The van der Waals surface area contributed by atoms with E-state index in [0.717, 1.165) is 0 Å². The van der Waals surface area contributed by atoms with Crippen molar-refractivity contribution in [3.63, 3.8) is 0 Å². The minimum Gasteiger partial charge on any atom is -0.458 e. The Morgan fingerprint density at radius 1 is 1.62 bits per heavy atom. The zero-order chi connectivity index (χ0) is 11.5. The van der Waals surface area contributed by atoms with Crippen molar-refractivity contribution >= 4 is 11.9 Å². The average molecular weight is 224 g/mol. The van der Waals surface area contributed by atoms with Crippen LogP contribution in [0.1, 0.15) is 23.9 Å². The van der Waals surface area contributed by atoms with Crippen molar-refractivity contribution in [3.8, 4) is 0 Å². The van der Waals surface area contributed by atoms with Crippen molar-refractivity contribution in [2.75, 3.05) is 6.61 Å². The molecule has 0 spiro atoms. The molecule has 2 atom stereocenters. The maximum Gasteiger partial charge on any atom is 0.374 e. The summed E-state index contributed by atoms with van der Waals surface area (Å²) in [6, 6.07) is 3.12. The number of hydrogen-bond acceptors (Lipinski definition) is 5. The van der Waals surface area contributed by atoms with Gasteiger partial charge in [-0.3, -0.25) is 4.79 Å². The highest BCUT2D eigenvalue weighted by Gasteiger charge is 2.31. The molecule has 0 radical (unpaired) electrons. The minimum atomic E-state index is -0.541. The molecule has 86 valence electrons. The highest BCUT2D eigenvalue weighted by molar-refractivity contribution is 5.86. The molecule has 1 aromatic rings. The number of carbonyl (C=O) groups excluding carboxylic acids is 2. The molecule has 0 amide bonds. The number of hydrogen-bond donors (Lipinski definition) is 0. The quantitative estimate of drug-likeness (QED) is 0.726. The van der Waals surface area contributed by atoms with Crippen LogP contribution < -0.4 is 0 Å². The van der Waals surface area contributed by atoms with E-state index < -0.39 is 5.97 Å². The zero-order valence-corrected chi connectivity index (χ0v) is 8.84. The Hall–Kier alpha value is -1.78. The maximum atomic E-state index is 11.4. The molecule has 1 aliphatic heterocycles. The first-order chi connectivity index (χ1) is 7.66. The second-order valence-electron chi connectivity index (χ2n) is 3.77. The van der Waals surface area contributed by atoms with Crippen LogP contribution in [-0.2, 0) is 14.3 Å². The standard InChI is InChI=1S/C11H12O5/c1-7-5-8(16-10(7)12)6-15-11(13)9-3-2-4-14-9/h2-4,7-8H,5-6H2,1H3. The van der Waals surface area contributed by atoms with Crippen LogP contribution in [0.4, 0.5) is 0 Å². The summed E-state index contributed by atoms with van der Waals surface area (Å²) in [6.45, 7) is 1.87. The van der Waals surface area contributed by atoms with Crippen LogP contribution in [-0.4, -0.2) is 24.6 Å². The van der Waals surface area contributed by atoms with Crippen molar-refractivity contribution in [1.82, 2.24) is 0 Å². The van der Waals surface area contributed by atoms with Gasteiger partial charge in [-0.05, 0) is 12.1 Å². The Morgan fingerprint density at radius 3 is 3.00 bits per heavy atom. The number of rotatable bonds is 3. The van der Waals surface area contributed by atoms with Gasteiger partial charge in [-0.15, -0.1) is 0 Å². The first kappa shape index (κ1) is 10.7. The summed E-state index contributed by atoms with van der Waals surface area (Å²) in [7, 11) is 0. The SMILES string of the molecule is CC1CC(COC(=O)c2ccco2)OC1=O. The van der Waals surface area contributed by atoms with E-state index in [4.69, 9.17) is 13.9 Å². The number of carbonyl (C=O) groups is 2. The fraction of sp³-hybridized carbons (Fsp3) is 0.455. The largest absolute Gasteiger partial charge is 0.458 e. The van der Waals surface area contributed by atoms with Crippen molar-refractivity contribution < 1.29 is 23.5 Å². The third kappa shape index (κ3) is 2.24. The van der Waals surface area contributed by atoms with Gasteiger partial charge in [0.2, 0.25) is 5.76 Å². The first-order valence-electron chi connectivity index (χ1n) is 5.08. The number of ether oxygens (including phenoxy) is 2. The van der Waals surface area contributed by atoms with Crippen LogP contribution in [0.2, 0.25) is 0 Å². The molecule has 0 N–H and O–H groups in total. The van der Waals surface area contributed by atoms with Crippen molar-refractivity contribution in [3.05, 3.63) is 24.2 Å². The summed E-state index contributed by atoms with van der Waals surface area (Å²) < 4.78 is 14.8. The van der Waals surface area contributed by atoms with Gasteiger partial charge in [-0.1, -0.05) is 6.92 Å². The van der Waals surface area contributed by atoms with E-state index in [1.54, 1.807) is 13.0 Å². The van der Waals surface area contributed by atoms with E-state index in [1.165, 1.54) is 12.3 Å². The molecule has 2 rings (SSSR count). The van der Waals surface area contributed by atoms with E-state index in [1.807, 2.05) is 0 Å². The number of cyclic esters (lactones) is 1. The Kier molecular flexibility index (Phi) is 2.94. The summed E-state index contributed by atoms with van der Waals surface area (Å²) in [4.78, 5) is 22.4. The summed E-state index contributed by atoms with van der Waals surface area (Å²) in [5.74, 6) is -0.746. The van der Waals surface area contributed by atoms with Crippen molar-refractivity contribution in [1.29, 1.82) is 0 Å². The Labute approximate surface area is 92.3 Å². The van der Waals surface area contributed by atoms with E-state index in [-0.39, 0.29) is 30.4 Å². The topological polar surface area (TPSA) is 65.7 Å². The smallest absolute Gasteiger partial charge is 0.374 e. The van der Waals surface area contributed by atoms with Gasteiger partial charge in [0.05, 0.1) is 12.2 Å². The maximum absolute atomic E-state index is 11.4. The third-order valence-corrected chi connectivity index (χ3v) is 2.42. The van der Waals surface area contributed by atoms with Crippen LogP contribution in [0, 0.1) is 5.92 Å². The monoisotopic (exact) mass is 224 g/mol. The van der Waals surface area contributed by atoms with Gasteiger partial charge >= 0.3 is 11.9 Å². The lowest BCUT2D eigenvalue weighted by molar-refractivity contribution is -0.145. The molecule has 1 fully saturated rings. The zero-order valence-electron chi connectivity index (χ0n) is 8.84. The normalized spacial score (nSPS) is 24.2. The third-order valence-electron chi connectivity index (χ3n) is 2.42. The Morgan fingerprint density at radius 2 is 2.44 bits per heavy atom. The lowest BCUT2D eigenvalue weighted by atomic mass is 10.1. The van der Waals surface area contributed by atoms with E-state index in [2.05, 4.69) is 0 Å². The number of esters is 2. The first-order valence-corrected chi connectivity index (χ1v) is 5.08. The fourth-order valence-electron chi connectivity index (χ4n) is 1.56. The van der Waals surface area contributed by atoms with Crippen LogP contribution in [0.15, 0.2) is 22.8 Å². The average Bonchev–Trinajstić information content (AvgIpc) is 2.86. The second kappa shape index (κ2) is 4.38. The van der Waals surface area contributed by atoms with E-state index >= 15 is 0 Å². The minimum absolute atomic E-state index is 0.0790. The van der Waals surface area contributed by atoms with Gasteiger partial charge in [0.25, 0.3) is 0 Å². The molecule has 16 heavy (non-hydrogen) atoms. The van der Waals surface area contributed by atoms with E-state index in [9.17, 15) is 9.59 Å². The van der Waals surface area contributed by atoms with Gasteiger partial charge in [0.1, 0.15) is 12.7 Å². The summed E-state index contributed by atoms with van der Waals surface area (Å²) in [5, 5.41) is 0. The molecule has 5 heteroatoms. The summed E-state index contributed by atoms with van der Waals surface area (Å²) >= 11 is 0. The fourth-order valence-corrected chi connectivity index (χ4v) is 1.56. The molecule has 0 aromatic carbocycles. The highest BCUT2D eigenvalue weighted by Crippen LogP contribution is 2.20. The molecular formula is C11H12O5. The molecule has 2 unspecified atom stereocenters. The summed E-state index contributed by atoms with van der Waals surface area (Å²) in [6.07, 6.45) is 1.65. The van der Waals surface area contributed by atoms with E-state index in [0.29, 0.717) is 6.42 Å². The molecule has 2 heterocycles. The highest BCUT2D eigenvalue weighted by atomic mass is 16.6. The Bertz CT molecular complexity index is 381. The van der Waals surface area contributed by atoms with Gasteiger partial charge in [0.15, 0.2) is 0 Å². The van der Waals surface area contributed by atoms with Crippen LogP contribution in [0.3, 0.4) is 0 Å². The predicted octanol–water partition coefficient (Wildman–Crippen LogP) is 1.39. The van der Waals surface area contributed by atoms with Crippen LogP contribution in [0.25, 0.3) is 0 Å².